The zero-order chi connectivity index (χ0) is 16.7. The summed E-state index contributed by atoms with van der Waals surface area (Å²) in [5.74, 6) is 0. The number of nitrogens with zero attached hydrogens (tertiary/aromatic N) is 3. The van der Waals surface area contributed by atoms with Crippen LogP contribution in [0.2, 0.25) is 5.02 Å². The number of halogens is 2. The fraction of sp³-hybridized carbons (Fsp3) is 0.118. The Kier molecular flexibility index (Phi) is 3.97. The molecule has 0 aliphatic rings. The van der Waals surface area contributed by atoms with Crippen LogP contribution in [0.25, 0.3) is 16.6 Å². The maximum absolute atomic E-state index is 12.3. The van der Waals surface area contributed by atoms with E-state index in [0.29, 0.717) is 26.0 Å². The van der Waals surface area contributed by atoms with Crippen molar-refractivity contribution in [3.8, 4) is 11.8 Å². The van der Waals surface area contributed by atoms with Crippen LogP contribution in [0.4, 0.5) is 0 Å². The number of fused-ring (bicyclic) bond motifs is 1. The number of aryl methyl sites for hydroxylation is 2. The third kappa shape index (κ3) is 2.54. The Hall–Kier alpha value is -2.16. The smallest absolute Gasteiger partial charge is 0.190 e. The summed E-state index contributed by atoms with van der Waals surface area (Å²) in [5, 5.41) is 10.1. The zero-order valence-corrected chi connectivity index (χ0v) is 14.7. The molecule has 0 amide bonds. The van der Waals surface area contributed by atoms with Crippen LogP contribution >= 0.6 is 27.5 Å². The summed E-state index contributed by atoms with van der Waals surface area (Å²) in [5.41, 5.74) is 3.43. The Balaban J connectivity index is 2.50. The van der Waals surface area contributed by atoms with E-state index < -0.39 is 0 Å². The van der Waals surface area contributed by atoms with Gasteiger partial charge in [0.05, 0.1) is 39.4 Å². The quantitative estimate of drug-likeness (QED) is 0.625. The molecule has 3 rings (SSSR count). The lowest BCUT2D eigenvalue weighted by molar-refractivity contribution is 1.00. The summed E-state index contributed by atoms with van der Waals surface area (Å²) >= 11 is 9.80. The molecule has 2 heterocycles. The van der Waals surface area contributed by atoms with Gasteiger partial charge in [-0.3, -0.25) is 9.78 Å². The van der Waals surface area contributed by atoms with Gasteiger partial charge >= 0.3 is 0 Å². The second-order valence-corrected chi connectivity index (χ2v) is 6.50. The Morgan fingerprint density at radius 3 is 2.65 bits per heavy atom. The third-order valence-electron chi connectivity index (χ3n) is 3.67. The molecular weight excluding hydrogens is 378 g/mol. The van der Waals surface area contributed by atoms with Crippen LogP contribution < -0.4 is 5.43 Å². The predicted molar refractivity (Wildman–Crippen MR) is 94.2 cm³/mol. The lowest BCUT2D eigenvalue weighted by Gasteiger charge is -2.18. The molecule has 23 heavy (non-hydrogen) atoms. The summed E-state index contributed by atoms with van der Waals surface area (Å²) < 4.78 is 2.53. The van der Waals surface area contributed by atoms with Gasteiger partial charge in [-0.15, -0.1) is 0 Å². The van der Waals surface area contributed by atoms with Crippen LogP contribution in [0.1, 0.15) is 16.8 Å². The highest BCUT2D eigenvalue weighted by Gasteiger charge is 2.16. The van der Waals surface area contributed by atoms with Crippen molar-refractivity contribution in [3.05, 3.63) is 67.1 Å². The van der Waals surface area contributed by atoms with Crippen LogP contribution in [0, 0.1) is 25.2 Å². The molecule has 0 spiro atoms. The minimum atomic E-state index is -0.0783. The number of hydrogen-bond donors (Lipinski definition) is 0. The lowest BCUT2D eigenvalue weighted by atomic mass is 10.1. The molecule has 4 nitrogen and oxygen atoms in total. The minimum Gasteiger partial charge on any atom is -0.310 e. The molecule has 0 N–H and O–H groups in total. The number of nitriles is 1. The third-order valence-corrected chi connectivity index (χ3v) is 4.56. The van der Waals surface area contributed by atoms with Gasteiger partial charge in [0.1, 0.15) is 0 Å². The average molecular weight is 389 g/mol. The van der Waals surface area contributed by atoms with Crippen LogP contribution in [0.15, 0.2) is 39.9 Å². The molecule has 3 aromatic rings. The van der Waals surface area contributed by atoms with Crippen molar-refractivity contribution in [2.75, 3.05) is 0 Å². The first kappa shape index (κ1) is 15.7. The van der Waals surface area contributed by atoms with Gasteiger partial charge in [0.15, 0.2) is 5.43 Å². The number of hydrogen-bond acceptors (Lipinski definition) is 3. The highest BCUT2D eigenvalue weighted by Crippen LogP contribution is 2.30. The highest BCUT2D eigenvalue weighted by molar-refractivity contribution is 9.10. The van der Waals surface area contributed by atoms with E-state index in [0.717, 1.165) is 16.9 Å². The van der Waals surface area contributed by atoms with E-state index in [-0.39, 0.29) is 5.43 Å². The molecule has 114 valence electrons. The second-order valence-electron chi connectivity index (χ2n) is 5.24. The first-order chi connectivity index (χ1) is 10.9. The molecule has 0 fully saturated rings. The van der Waals surface area contributed by atoms with Gasteiger partial charge in [0.2, 0.25) is 0 Å². The molecule has 6 heteroatoms. The van der Waals surface area contributed by atoms with E-state index in [1.54, 1.807) is 30.6 Å². The Morgan fingerprint density at radius 1 is 1.26 bits per heavy atom. The molecule has 0 saturated heterocycles. The van der Waals surface area contributed by atoms with Crippen molar-refractivity contribution in [1.29, 1.82) is 5.26 Å². The molecule has 0 aliphatic heterocycles. The fourth-order valence-corrected chi connectivity index (χ4v) is 3.60. The number of aromatic nitrogens is 2. The number of pyridine rings is 2. The van der Waals surface area contributed by atoms with Crippen molar-refractivity contribution in [2.24, 2.45) is 0 Å². The summed E-state index contributed by atoms with van der Waals surface area (Å²) in [6, 6.07) is 7.06. The fourth-order valence-electron chi connectivity index (χ4n) is 2.74. The highest BCUT2D eigenvalue weighted by atomic mass is 79.9. The summed E-state index contributed by atoms with van der Waals surface area (Å²) in [7, 11) is 0. The minimum absolute atomic E-state index is 0.0783. The average Bonchev–Trinajstić information content (AvgIpc) is 2.49. The maximum Gasteiger partial charge on any atom is 0.190 e. The summed E-state index contributed by atoms with van der Waals surface area (Å²) in [6.07, 6.45) is 3.24. The van der Waals surface area contributed by atoms with Gasteiger partial charge in [-0.2, -0.15) is 5.26 Å². The van der Waals surface area contributed by atoms with E-state index in [1.807, 2.05) is 18.4 Å². The van der Waals surface area contributed by atoms with Crippen LogP contribution in [-0.4, -0.2) is 9.55 Å². The largest absolute Gasteiger partial charge is 0.310 e. The number of benzene rings is 1. The molecule has 0 unspecified atom stereocenters. The molecule has 0 radical (unpaired) electrons. The van der Waals surface area contributed by atoms with E-state index >= 15 is 0 Å². The molecule has 2 aromatic heterocycles. The molecule has 0 atom stereocenters. The van der Waals surface area contributed by atoms with E-state index in [1.165, 1.54) is 0 Å². The van der Waals surface area contributed by atoms with Crippen LogP contribution in [0.3, 0.4) is 0 Å². The van der Waals surface area contributed by atoms with Gasteiger partial charge < -0.3 is 4.57 Å². The van der Waals surface area contributed by atoms with Crippen molar-refractivity contribution in [2.45, 2.75) is 13.8 Å². The van der Waals surface area contributed by atoms with Crippen molar-refractivity contribution >= 4 is 38.4 Å². The van der Waals surface area contributed by atoms with Crippen LogP contribution in [0.5, 0.6) is 0 Å². The Morgan fingerprint density at radius 2 is 2.00 bits per heavy atom. The second kappa shape index (κ2) is 5.80. The summed E-state index contributed by atoms with van der Waals surface area (Å²) in [4.78, 5) is 16.5. The first-order valence-electron chi connectivity index (χ1n) is 6.80. The maximum atomic E-state index is 12.3. The number of rotatable bonds is 1. The Bertz CT molecular complexity index is 1030. The molecule has 1 aromatic carbocycles. The lowest BCUT2D eigenvalue weighted by Crippen LogP contribution is -2.13. The molecular formula is C17H11BrClN3O. The monoisotopic (exact) mass is 387 g/mol. The van der Waals surface area contributed by atoms with Gasteiger partial charge in [-0.25, -0.2) is 0 Å². The standard InChI is InChI=1S/C17H11BrClN3O/c1-9-3-11(6-20)5-13(19)17(9)22-10(2)4-15(23)16-12(18)7-21-8-14(16)22/h3-5,7-8H,1-2H3. The predicted octanol–water partition coefficient (Wildman–Crippen LogP) is 4.29. The van der Waals surface area contributed by atoms with Crippen LogP contribution in [-0.2, 0) is 0 Å². The molecule has 0 saturated carbocycles. The van der Waals surface area contributed by atoms with E-state index in [4.69, 9.17) is 16.9 Å². The van der Waals surface area contributed by atoms with E-state index in [9.17, 15) is 4.79 Å². The van der Waals surface area contributed by atoms with Crippen molar-refractivity contribution < 1.29 is 0 Å². The topological polar surface area (TPSA) is 58.7 Å². The Labute approximate surface area is 146 Å². The van der Waals surface area contributed by atoms with Gasteiger partial charge in [0, 0.05) is 22.4 Å². The van der Waals surface area contributed by atoms with Gasteiger partial charge in [0.25, 0.3) is 0 Å². The van der Waals surface area contributed by atoms with Gasteiger partial charge in [-0.05, 0) is 47.5 Å². The molecule has 0 bridgehead atoms. The zero-order valence-electron chi connectivity index (χ0n) is 12.4. The first-order valence-corrected chi connectivity index (χ1v) is 7.97. The van der Waals surface area contributed by atoms with Crippen molar-refractivity contribution in [1.82, 2.24) is 9.55 Å². The normalized spacial score (nSPS) is 10.7. The van der Waals surface area contributed by atoms with Gasteiger partial charge in [-0.1, -0.05) is 11.6 Å². The van der Waals surface area contributed by atoms with Crippen molar-refractivity contribution in [3.63, 3.8) is 0 Å². The summed E-state index contributed by atoms with van der Waals surface area (Å²) in [6.45, 7) is 3.73. The SMILES string of the molecule is Cc1cc(C#N)cc(Cl)c1-n1c(C)cc(=O)c2c(Br)cncc21. The molecule has 0 aliphatic carbocycles. The van der Waals surface area contributed by atoms with E-state index in [2.05, 4.69) is 27.0 Å².